The normalized spacial score (nSPS) is 18.3. The minimum Gasteiger partial charge on any atom is -0.465 e. The lowest BCUT2D eigenvalue weighted by Gasteiger charge is -2.31. The first-order valence-corrected chi connectivity index (χ1v) is 6.42. The molecular weight excluding hydrogens is 218 g/mol. The van der Waals surface area contributed by atoms with Gasteiger partial charge in [0.15, 0.2) is 14.7 Å². The predicted octanol–water partition coefficient (Wildman–Crippen LogP) is 0.141. The van der Waals surface area contributed by atoms with Gasteiger partial charge in [-0.2, -0.15) is 0 Å². The third kappa shape index (κ3) is 1.99. The molecule has 0 aliphatic carbocycles. The summed E-state index contributed by atoms with van der Waals surface area (Å²) in [5.41, 5.74) is 0.576. The second-order valence-corrected chi connectivity index (χ2v) is 5.13. The van der Waals surface area contributed by atoms with Gasteiger partial charge in [-0.3, -0.25) is 0 Å². The lowest BCUT2D eigenvalue weighted by Crippen LogP contribution is -2.40. The monoisotopic (exact) mass is 233 g/mol. The average Bonchev–Trinajstić information content (AvgIpc) is 2.17. The van der Waals surface area contributed by atoms with Crippen molar-refractivity contribution in [3.05, 3.63) is 10.6 Å². The molecule has 0 atom stereocenters. The predicted molar refractivity (Wildman–Crippen MR) is 55.7 cm³/mol. The Kier molecular flexibility index (Phi) is 3.38. The standard InChI is InChI=1S/C9H15NO4S/c1-4-10(5-2)7-6-15(12,13)8(7)9(11)14-3/h4-6H2,1-3H3. The van der Waals surface area contributed by atoms with Gasteiger partial charge in [-0.15, -0.1) is 0 Å². The molecule has 0 N–H and O–H groups in total. The van der Waals surface area contributed by atoms with Crippen molar-refractivity contribution in [1.29, 1.82) is 0 Å². The van der Waals surface area contributed by atoms with Gasteiger partial charge in [0.05, 0.1) is 18.6 Å². The van der Waals surface area contributed by atoms with Crippen LogP contribution in [-0.2, 0) is 19.4 Å². The SMILES string of the molecule is CCN(CC)C1=C(C(=O)OC)S(=O)(=O)C1. The van der Waals surface area contributed by atoms with Crippen molar-refractivity contribution in [2.75, 3.05) is 26.0 Å². The third-order valence-corrected chi connectivity index (χ3v) is 4.09. The van der Waals surface area contributed by atoms with E-state index in [0.717, 1.165) is 0 Å². The Morgan fingerprint density at radius 1 is 1.40 bits per heavy atom. The van der Waals surface area contributed by atoms with Crippen molar-refractivity contribution in [3.8, 4) is 0 Å². The molecule has 86 valence electrons. The summed E-state index contributed by atoms with van der Waals surface area (Å²) in [6, 6.07) is 0. The number of carbonyl (C=O) groups excluding carboxylic acids is 1. The van der Waals surface area contributed by atoms with Gasteiger partial charge in [-0.05, 0) is 13.8 Å². The Balaban J connectivity index is 3.11. The minimum atomic E-state index is -3.38. The molecule has 0 unspecified atom stereocenters. The topological polar surface area (TPSA) is 63.7 Å². The summed E-state index contributed by atoms with van der Waals surface area (Å²) in [4.78, 5) is 13.0. The van der Waals surface area contributed by atoms with Crippen molar-refractivity contribution >= 4 is 15.8 Å². The molecule has 0 saturated heterocycles. The maximum absolute atomic E-state index is 11.4. The summed E-state index contributed by atoms with van der Waals surface area (Å²) < 4.78 is 27.2. The lowest BCUT2D eigenvalue weighted by molar-refractivity contribution is -0.135. The summed E-state index contributed by atoms with van der Waals surface area (Å²) in [5.74, 6) is -0.817. The Morgan fingerprint density at radius 2 is 1.93 bits per heavy atom. The van der Waals surface area contributed by atoms with Crippen LogP contribution in [0, 0.1) is 0 Å². The van der Waals surface area contributed by atoms with E-state index in [1.165, 1.54) is 7.11 Å². The van der Waals surface area contributed by atoms with E-state index in [1.54, 1.807) is 0 Å². The number of esters is 1. The van der Waals surface area contributed by atoms with Crippen molar-refractivity contribution < 1.29 is 17.9 Å². The van der Waals surface area contributed by atoms with E-state index in [1.807, 2.05) is 18.7 Å². The number of rotatable bonds is 4. The van der Waals surface area contributed by atoms with Crippen LogP contribution in [0.5, 0.6) is 0 Å². The summed E-state index contributed by atoms with van der Waals surface area (Å²) in [7, 11) is -2.20. The number of methoxy groups -OCH3 is 1. The second kappa shape index (κ2) is 4.22. The fourth-order valence-corrected chi connectivity index (χ4v) is 3.08. The Hall–Kier alpha value is -1.04. The van der Waals surface area contributed by atoms with Gasteiger partial charge in [-0.1, -0.05) is 0 Å². The van der Waals surface area contributed by atoms with Gasteiger partial charge in [0.2, 0.25) is 0 Å². The van der Waals surface area contributed by atoms with Gasteiger partial charge in [0.1, 0.15) is 0 Å². The Morgan fingerprint density at radius 3 is 2.27 bits per heavy atom. The molecule has 5 nitrogen and oxygen atoms in total. The van der Waals surface area contributed by atoms with Crippen LogP contribution in [0.1, 0.15) is 13.8 Å². The zero-order chi connectivity index (χ0) is 11.6. The second-order valence-electron chi connectivity index (χ2n) is 3.20. The molecule has 0 amide bonds. The first-order chi connectivity index (χ1) is 6.97. The van der Waals surface area contributed by atoms with Crippen molar-refractivity contribution in [2.45, 2.75) is 13.8 Å². The van der Waals surface area contributed by atoms with Crippen molar-refractivity contribution in [1.82, 2.24) is 4.90 Å². The largest absolute Gasteiger partial charge is 0.465 e. The molecule has 0 bridgehead atoms. The van der Waals surface area contributed by atoms with Crippen LogP contribution in [0.15, 0.2) is 10.6 Å². The highest BCUT2D eigenvalue weighted by molar-refractivity contribution is 7.97. The van der Waals surface area contributed by atoms with E-state index >= 15 is 0 Å². The van der Waals surface area contributed by atoms with Gasteiger partial charge >= 0.3 is 5.97 Å². The molecule has 1 aliphatic rings. The molecular formula is C9H15NO4S. The molecule has 0 radical (unpaired) electrons. The molecule has 1 rings (SSSR count). The number of ether oxygens (including phenoxy) is 1. The maximum atomic E-state index is 11.4. The first kappa shape index (κ1) is 12.0. The van der Waals surface area contributed by atoms with E-state index in [0.29, 0.717) is 18.8 Å². The van der Waals surface area contributed by atoms with Crippen LogP contribution in [0.3, 0.4) is 0 Å². The van der Waals surface area contributed by atoms with E-state index in [2.05, 4.69) is 4.74 Å². The molecule has 0 aromatic carbocycles. The van der Waals surface area contributed by atoms with Crippen LogP contribution < -0.4 is 0 Å². The zero-order valence-electron chi connectivity index (χ0n) is 9.11. The van der Waals surface area contributed by atoms with E-state index in [-0.39, 0.29) is 10.7 Å². The van der Waals surface area contributed by atoms with Gasteiger partial charge in [0, 0.05) is 13.1 Å². The zero-order valence-corrected chi connectivity index (χ0v) is 9.93. The van der Waals surface area contributed by atoms with Crippen LogP contribution >= 0.6 is 0 Å². The number of hydrogen-bond donors (Lipinski definition) is 0. The lowest BCUT2D eigenvalue weighted by atomic mass is 10.3. The van der Waals surface area contributed by atoms with Crippen LogP contribution in [-0.4, -0.2) is 45.2 Å². The van der Waals surface area contributed by atoms with Gasteiger partial charge in [-0.25, -0.2) is 13.2 Å². The minimum absolute atomic E-state index is 0.0564. The Bertz CT molecular complexity index is 392. The summed E-state index contributed by atoms with van der Waals surface area (Å²) in [6.07, 6.45) is 0. The molecule has 0 saturated carbocycles. The quantitative estimate of drug-likeness (QED) is 0.646. The maximum Gasteiger partial charge on any atom is 0.351 e. The van der Waals surface area contributed by atoms with E-state index in [4.69, 9.17) is 0 Å². The van der Waals surface area contributed by atoms with Crippen molar-refractivity contribution in [2.24, 2.45) is 0 Å². The Labute approximate surface area is 89.6 Å². The average molecular weight is 233 g/mol. The molecule has 0 spiro atoms. The fraction of sp³-hybridized carbons (Fsp3) is 0.667. The highest BCUT2D eigenvalue weighted by Gasteiger charge is 2.42. The molecule has 1 aliphatic heterocycles. The highest BCUT2D eigenvalue weighted by atomic mass is 32.2. The number of nitrogens with zero attached hydrogens (tertiary/aromatic N) is 1. The molecule has 1 heterocycles. The van der Waals surface area contributed by atoms with E-state index in [9.17, 15) is 13.2 Å². The van der Waals surface area contributed by atoms with Gasteiger partial charge in [0.25, 0.3) is 0 Å². The summed E-state index contributed by atoms with van der Waals surface area (Å²) in [6.45, 7) is 5.19. The highest BCUT2D eigenvalue weighted by Crippen LogP contribution is 2.30. The smallest absolute Gasteiger partial charge is 0.351 e. The van der Waals surface area contributed by atoms with Gasteiger partial charge < -0.3 is 9.64 Å². The van der Waals surface area contributed by atoms with Crippen LogP contribution in [0.4, 0.5) is 0 Å². The van der Waals surface area contributed by atoms with E-state index < -0.39 is 15.8 Å². The summed E-state index contributed by atoms with van der Waals surface area (Å²) in [5, 5.41) is 0. The number of carbonyl (C=O) groups is 1. The molecule has 15 heavy (non-hydrogen) atoms. The van der Waals surface area contributed by atoms with Crippen LogP contribution in [0.2, 0.25) is 0 Å². The first-order valence-electron chi connectivity index (χ1n) is 4.77. The fourth-order valence-electron chi connectivity index (χ4n) is 1.59. The number of hydrogen-bond acceptors (Lipinski definition) is 5. The molecule has 0 aromatic rings. The third-order valence-electron chi connectivity index (χ3n) is 2.42. The molecule has 0 aromatic heterocycles. The molecule has 0 fully saturated rings. The summed E-state index contributed by atoms with van der Waals surface area (Å²) >= 11 is 0. The van der Waals surface area contributed by atoms with Crippen LogP contribution in [0.25, 0.3) is 0 Å². The number of sulfone groups is 1. The molecule has 6 heteroatoms. The van der Waals surface area contributed by atoms with Crippen molar-refractivity contribution in [3.63, 3.8) is 0 Å².